The predicted octanol–water partition coefficient (Wildman–Crippen LogP) is 0.896. The molecule has 0 spiro atoms. The van der Waals surface area contributed by atoms with Gasteiger partial charge >= 0.3 is 6.03 Å². The van der Waals surface area contributed by atoms with Crippen molar-refractivity contribution in [1.82, 2.24) is 9.80 Å². The third kappa shape index (κ3) is 2.16. The molecule has 0 bridgehead atoms. The Kier molecular flexibility index (Phi) is 3.62. The van der Waals surface area contributed by atoms with Crippen LogP contribution < -0.4 is 0 Å². The van der Waals surface area contributed by atoms with Gasteiger partial charge in [-0.05, 0) is 12.3 Å². The third-order valence-corrected chi connectivity index (χ3v) is 2.87. The molecule has 0 aliphatic carbocycles. The number of aliphatic hydroxyl groups is 1. The van der Waals surface area contributed by atoms with Crippen LogP contribution in [0.1, 0.15) is 6.92 Å². The van der Waals surface area contributed by atoms with Gasteiger partial charge in [-0.3, -0.25) is 4.90 Å². The zero-order chi connectivity index (χ0) is 9.84. The van der Waals surface area contributed by atoms with E-state index in [2.05, 4.69) is 6.58 Å². The van der Waals surface area contributed by atoms with Crippen molar-refractivity contribution in [3.05, 3.63) is 12.0 Å². The van der Waals surface area contributed by atoms with Gasteiger partial charge in [0.05, 0.1) is 5.37 Å². The highest BCUT2D eigenvalue weighted by molar-refractivity contribution is 8.02. The minimum atomic E-state index is -0.194. The number of nitrogens with zero attached hydrogens (tertiary/aromatic N) is 2. The van der Waals surface area contributed by atoms with E-state index in [-0.39, 0.29) is 18.1 Å². The molecule has 1 rings (SSSR count). The molecule has 0 radical (unpaired) electrons. The molecule has 0 aromatic heterocycles. The smallest absolute Gasteiger partial charge is 0.322 e. The van der Waals surface area contributed by atoms with Crippen LogP contribution >= 0.6 is 11.8 Å². The van der Waals surface area contributed by atoms with Gasteiger partial charge in [-0.2, -0.15) is 0 Å². The summed E-state index contributed by atoms with van der Waals surface area (Å²) in [5.41, 5.74) is 0. The minimum Gasteiger partial charge on any atom is -0.376 e. The summed E-state index contributed by atoms with van der Waals surface area (Å²) in [7, 11) is 0. The topological polar surface area (TPSA) is 43.8 Å². The molecular weight excluding hydrogens is 188 g/mol. The molecule has 1 unspecified atom stereocenters. The van der Waals surface area contributed by atoms with Crippen molar-refractivity contribution in [1.29, 1.82) is 0 Å². The molecular formula is C8H14N2O2S. The molecule has 1 aliphatic heterocycles. The molecule has 1 saturated heterocycles. The minimum absolute atomic E-state index is 0.0932. The Labute approximate surface area is 82.2 Å². The summed E-state index contributed by atoms with van der Waals surface area (Å²) in [5.74, 6) is 0. The standard InChI is InChI=1S/C8H14N2O2S/c1-3-13-7(2)10-5-4-9(6-11)8(10)12/h3,7,11H,1,4-6H2,2H3. The lowest BCUT2D eigenvalue weighted by Gasteiger charge is -2.22. The summed E-state index contributed by atoms with van der Waals surface area (Å²) in [6, 6.07) is -0.0932. The number of hydrogen-bond donors (Lipinski definition) is 1. The highest BCUT2D eigenvalue weighted by Gasteiger charge is 2.30. The SMILES string of the molecule is C=CSC(C)N1CCN(CO)C1=O. The second kappa shape index (κ2) is 4.53. The third-order valence-electron chi connectivity index (χ3n) is 2.03. The van der Waals surface area contributed by atoms with Crippen molar-refractivity contribution in [2.24, 2.45) is 0 Å². The monoisotopic (exact) mass is 202 g/mol. The maximum atomic E-state index is 11.5. The lowest BCUT2D eigenvalue weighted by atomic mass is 10.6. The lowest BCUT2D eigenvalue weighted by Crippen LogP contribution is -2.36. The van der Waals surface area contributed by atoms with Crippen molar-refractivity contribution in [3.63, 3.8) is 0 Å². The predicted molar refractivity (Wildman–Crippen MR) is 53.1 cm³/mol. The van der Waals surface area contributed by atoms with Crippen LogP contribution in [0.15, 0.2) is 12.0 Å². The van der Waals surface area contributed by atoms with E-state index in [1.807, 2.05) is 6.92 Å². The zero-order valence-corrected chi connectivity index (χ0v) is 8.46. The maximum Gasteiger partial charge on any atom is 0.322 e. The molecule has 13 heavy (non-hydrogen) atoms. The summed E-state index contributed by atoms with van der Waals surface area (Å²) >= 11 is 1.51. The van der Waals surface area contributed by atoms with Gasteiger partial charge < -0.3 is 10.0 Å². The zero-order valence-electron chi connectivity index (χ0n) is 7.64. The van der Waals surface area contributed by atoms with E-state index in [1.54, 1.807) is 10.3 Å². The molecule has 0 aromatic rings. The summed E-state index contributed by atoms with van der Waals surface area (Å²) in [4.78, 5) is 14.6. The first kappa shape index (κ1) is 10.4. The Morgan fingerprint density at radius 1 is 1.77 bits per heavy atom. The average molecular weight is 202 g/mol. The Bertz CT molecular complexity index is 210. The molecule has 1 heterocycles. The fourth-order valence-corrected chi connectivity index (χ4v) is 1.90. The maximum absolute atomic E-state index is 11.5. The first-order valence-electron chi connectivity index (χ1n) is 4.13. The highest BCUT2D eigenvalue weighted by Crippen LogP contribution is 2.20. The van der Waals surface area contributed by atoms with Gasteiger partial charge in [0, 0.05) is 13.1 Å². The van der Waals surface area contributed by atoms with E-state index in [9.17, 15) is 4.79 Å². The molecule has 1 fully saturated rings. The number of aliphatic hydroxyl groups excluding tert-OH is 1. The molecule has 1 N–H and O–H groups in total. The summed E-state index contributed by atoms with van der Waals surface area (Å²) in [5, 5.41) is 10.6. The van der Waals surface area contributed by atoms with Crippen molar-refractivity contribution in [3.8, 4) is 0 Å². The summed E-state index contributed by atoms with van der Waals surface area (Å²) in [6.45, 7) is 6.64. The fourth-order valence-electron chi connectivity index (χ4n) is 1.28. The number of urea groups is 1. The first-order chi connectivity index (χ1) is 6.20. The molecule has 5 heteroatoms. The van der Waals surface area contributed by atoms with Crippen LogP contribution in [-0.2, 0) is 0 Å². The van der Waals surface area contributed by atoms with Gasteiger partial charge in [0.1, 0.15) is 6.73 Å². The molecule has 0 aromatic carbocycles. The molecule has 1 aliphatic rings. The van der Waals surface area contributed by atoms with E-state index < -0.39 is 0 Å². The van der Waals surface area contributed by atoms with Crippen molar-refractivity contribution in [2.75, 3.05) is 19.8 Å². The highest BCUT2D eigenvalue weighted by atomic mass is 32.2. The molecule has 4 nitrogen and oxygen atoms in total. The van der Waals surface area contributed by atoms with Crippen LogP contribution in [0.25, 0.3) is 0 Å². The molecule has 1 atom stereocenters. The number of rotatable bonds is 4. The van der Waals surface area contributed by atoms with Gasteiger partial charge in [0.25, 0.3) is 0 Å². The van der Waals surface area contributed by atoms with E-state index in [0.29, 0.717) is 13.1 Å². The number of thioether (sulfide) groups is 1. The van der Waals surface area contributed by atoms with Crippen LogP contribution in [-0.4, -0.2) is 46.1 Å². The normalized spacial score (nSPS) is 19.4. The van der Waals surface area contributed by atoms with E-state index in [1.165, 1.54) is 16.7 Å². The molecule has 2 amide bonds. The number of carbonyl (C=O) groups is 1. The van der Waals surface area contributed by atoms with Gasteiger partial charge in [0.15, 0.2) is 0 Å². The van der Waals surface area contributed by atoms with E-state index in [4.69, 9.17) is 5.11 Å². The lowest BCUT2D eigenvalue weighted by molar-refractivity contribution is 0.133. The second-order valence-corrected chi connectivity index (χ2v) is 4.07. The van der Waals surface area contributed by atoms with Crippen LogP contribution in [0.4, 0.5) is 4.79 Å². The Morgan fingerprint density at radius 3 is 2.92 bits per heavy atom. The molecule has 74 valence electrons. The van der Waals surface area contributed by atoms with Gasteiger partial charge in [-0.25, -0.2) is 4.79 Å². The van der Waals surface area contributed by atoms with Crippen molar-refractivity contribution in [2.45, 2.75) is 12.3 Å². The number of hydrogen-bond acceptors (Lipinski definition) is 3. The molecule has 0 saturated carbocycles. The average Bonchev–Trinajstić information content (AvgIpc) is 2.47. The van der Waals surface area contributed by atoms with Crippen molar-refractivity contribution >= 4 is 17.8 Å². The van der Waals surface area contributed by atoms with Crippen LogP contribution in [0.2, 0.25) is 0 Å². The van der Waals surface area contributed by atoms with Crippen molar-refractivity contribution < 1.29 is 9.90 Å². The second-order valence-electron chi connectivity index (χ2n) is 2.78. The largest absolute Gasteiger partial charge is 0.376 e. The quantitative estimate of drug-likeness (QED) is 0.736. The van der Waals surface area contributed by atoms with Gasteiger partial charge in [0.2, 0.25) is 0 Å². The Balaban J connectivity index is 2.53. The number of amides is 2. The first-order valence-corrected chi connectivity index (χ1v) is 5.07. The fraction of sp³-hybridized carbons (Fsp3) is 0.625. The Hall–Kier alpha value is -0.680. The summed E-state index contributed by atoms with van der Waals surface area (Å²) in [6.07, 6.45) is 0. The van der Waals surface area contributed by atoms with E-state index >= 15 is 0 Å². The van der Waals surface area contributed by atoms with Crippen LogP contribution in [0, 0.1) is 0 Å². The Morgan fingerprint density at radius 2 is 2.46 bits per heavy atom. The van der Waals surface area contributed by atoms with Crippen LogP contribution in [0.3, 0.4) is 0 Å². The number of carbonyl (C=O) groups excluding carboxylic acids is 1. The van der Waals surface area contributed by atoms with Gasteiger partial charge in [-0.15, -0.1) is 11.8 Å². The van der Waals surface area contributed by atoms with Gasteiger partial charge in [-0.1, -0.05) is 6.58 Å². The van der Waals surface area contributed by atoms with E-state index in [0.717, 1.165) is 0 Å². The van der Waals surface area contributed by atoms with Crippen LogP contribution in [0.5, 0.6) is 0 Å². The summed E-state index contributed by atoms with van der Waals surface area (Å²) < 4.78 is 0.